The number of hydrogen-bond donors (Lipinski definition) is 4. The number of halogens is 3. The van der Waals surface area contributed by atoms with Crippen molar-refractivity contribution in [3.05, 3.63) is 95.3 Å². The van der Waals surface area contributed by atoms with E-state index >= 15 is 0 Å². The van der Waals surface area contributed by atoms with Gasteiger partial charge in [0, 0.05) is 17.8 Å². The maximum Gasteiger partial charge on any atom is 0.416 e. The number of benzene rings is 3. The lowest BCUT2D eigenvalue weighted by Crippen LogP contribution is -2.42. The Morgan fingerprint density at radius 2 is 1.72 bits per heavy atom. The highest BCUT2D eigenvalue weighted by Crippen LogP contribution is 2.30. The summed E-state index contributed by atoms with van der Waals surface area (Å²) in [6, 6.07) is 17.7. The SMILES string of the molecule is Cc1ccc(NC(S)NC(=O)NCc2ccc(-c3ncn(-c4ccc(C(F)(F)F)cc4)n3)cc2)c(C(C)C)c1. The highest BCUT2D eigenvalue weighted by atomic mass is 32.1. The Morgan fingerprint density at radius 3 is 2.36 bits per heavy atom. The molecule has 4 aromatic rings. The largest absolute Gasteiger partial charge is 0.416 e. The number of rotatable bonds is 8. The molecule has 0 fully saturated rings. The van der Waals surface area contributed by atoms with Crippen LogP contribution in [-0.4, -0.2) is 26.3 Å². The molecule has 1 aromatic heterocycles. The van der Waals surface area contributed by atoms with Crippen LogP contribution in [0.15, 0.2) is 73.1 Å². The van der Waals surface area contributed by atoms with Crippen molar-refractivity contribution in [2.75, 3.05) is 5.32 Å². The molecule has 1 unspecified atom stereocenters. The molecule has 2 amide bonds. The zero-order chi connectivity index (χ0) is 28.2. The number of nitrogens with one attached hydrogen (secondary N) is 3. The average Bonchev–Trinajstić information content (AvgIpc) is 3.39. The van der Waals surface area contributed by atoms with Gasteiger partial charge in [-0.2, -0.15) is 13.2 Å². The van der Waals surface area contributed by atoms with Gasteiger partial charge in [-0.05, 0) is 54.3 Å². The summed E-state index contributed by atoms with van der Waals surface area (Å²) in [4.78, 5) is 16.7. The first-order chi connectivity index (χ1) is 18.5. The highest BCUT2D eigenvalue weighted by molar-refractivity contribution is 7.81. The Bertz CT molecular complexity index is 1420. The molecule has 11 heteroatoms. The number of carbonyl (C=O) groups excluding carboxylic acids is 1. The molecule has 7 nitrogen and oxygen atoms in total. The van der Waals surface area contributed by atoms with Gasteiger partial charge in [0.25, 0.3) is 0 Å². The van der Waals surface area contributed by atoms with Crippen molar-refractivity contribution in [3.63, 3.8) is 0 Å². The van der Waals surface area contributed by atoms with Crippen LogP contribution >= 0.6 is 12.6 Å². The standard InChI is InChI=1S/C28H29F3N6OS/c1-17(2)23-14-18(3)4-13-24(23)34-27(39)35-26(38)32-15-19-5-7-20(8-6-19)25-33-16-37(36-25)22-11-9-21(10-12-22)28(29,30)31/h4-14,16-17,27,34,39H,15H2,1-3H3,(H2,32,35,38). The molecule has 0 saturated carbocycles. The molecule has 0 aliphatic rings. The van der Waals surface area contributed by atoms with E-state index in [-0.39, 0.29) is 6.03 Å². The van der Waals surface area contributed by atoms with E-state index in [4.69, 9.17) is 0 Å². The lowest BCUT2D eigenvalue weighted by atomic mass is 9.99. The smallest absolute Gasteiger partial charge is 0.357 e. The molecule has 204 valence electrons. The van der Waals surface area contributed by atoms with Crippen LogP contribution in [0, 0.1) is 6.92 Å². The fourth-order valence-corrected chi connectivity index (χ4v) is 4.18. The first kappa shape index (κ1) is 28.0. The van der Waals surface area contributed by atoms with Crippen LogP contribution in [0.5, 0.6) is 0 Å². The number of hydrogen-bond acceptors (Lipinski definition) is 5. The Morgan fingerprint density at radius 1 is 1.03 bits per heavy atom. The van der Waals surface area contributed by atoms with Gasteiger partial charge >= 0.3 is 12.2 Å². The monoisotopic (exact) mass is 554 g/mol. The summed E-state index contributed by atoms with van der Waals surface area (Å²) in [6.07, 6.45) is -2.95. The maximum absolute atomic E-state index is 12.8. The molecular weight excluding hydrogens is 525 g/mol. The molecule has 1 atom stereocenters. The number of aromatic nitrogens is 3. The number of aryl methyl sites for hydroxylation is 1. The van der Waals surface area contributed by atoms with Gasteiger partial charge < -0.3 is 16.0 Å². The summed E-state index contributed by atoms with van der Waals surface area (Å²) >= 11 is 4.45. The molecule has 0 aliphatic carbocycles. The second kappa shape index (κ2) is 11.8. The van der Waals surface area contributed by atoms with Gasteiger partial charge in [-0.1, -0.05) is 55.8 Å². The van der Waals surface area contributed by atoms with E-state index in [1.807, 2.05) is 43.3 Å². The van der Waals surface area contributed by atoms with E-state index in [2.05, 4.69) is 58.6 Å². The van der Waals surface area contributed by atoms with Crippen molar-refractivity contribution in [1.29, 1.82) is 0 Å². The Balaban J connectivity index is 1.30. The van der Waals surface area contributed by atoms with Crippen molar-refractivity contribution in [3.8, 4) is 17.1 Å². The number of alkyl halides is 3. The molecule has 3 N–H and O–H groups in total. The van der Waals surface area contributed by atoms with Gasteiger partial charge in [0.05, 0.1) is 11.3 Å². The molecule has 39 heavy (non-hydrogen) atoms. The van der Waals surface area contributed by atoms with Crippen LogP contribution in [-0.2, 0) is 12.7 Å². The van der Waals surface area contributed by atoms with E-state index in [1.165, 1.54) is 28.7 Å². The number of anilines is 1. The zero-order valence-corrected chi connectivity index (χ0v) is 22.5. The van der Waals surface area contributed by atoms with Crippen molar-refractivity contribution >= 4 is 24.3 Å². The number of carbonyl (C=O) groups is 1. The van der Waals surface area contributed by atoms with Crippen LogP contribution in [0.1, 0.15) is 42.0 Å². The molecule has 0 radical (unpaired) electrons. The Labute approximate surface area is 230 Å². The number of thiol groups is 1. The predicted molar refractivity (Wildman–Crippen MR) is 149 cm³/mol. The summed E-state index contributed by atoms with van der Waals surface area (Å²) in [6.45, 7) is 6.56. The maximum atomic E-state index is 12.8. The molecule has 1 heterocycles. The third-order valence-electron chi connectivity index (χ3n) is 6.01. The normalized spacial score (nSPS) is 12.3. The number of urea groups is 1. The first-order valence-electron chi connectivity index (χ1n) is 12.3. The predicted octanol–water partition coefficient (Wildman–Crippen LogP) is 6.51. The quantitative estimate of drug-likeness (QED) is 0.148. The third kappa shape index (κ3) is 7.32. The summed E-state index contributed by atoms with van der Waals surface area (Å²) in [5, 5.41) is 13.2. The van der Waals surface area contributed by atoms with Crippen molar-refractivity contribution in [1.82, 2.24) is 25.4 Å². The van der Waals surface area contributed by atoms with E-state index in [9.17, 15) is 18.0 Å². The zero-order valence-electron chi connectivity index (χ0n) is 21.6. The van der Waals surface area contributed by atoms with Crippen LogP contribution < -0.4 is 16.0 Å². The van der Waals surface area contributed by atoms with Crippen LogP contribution in [0.4, 0.5) is 23.7 Å². The Kier molecular flexibility index (Phi) is 8.49. The average molecular weight is 555 g/mol. The van der Waals surface area contributed by atoms with Crippen molar-refractivity contribution < 1.29 is 18.0 Å². The van der Waals surface area contributed by atoms with Crippen LogP contribution in [0.25, 0.3) is 17.1 Å². The van der Waals surface area contributed by atoms with Gasteiger partial charge in [0.1, 0.15) is 11.8 Å². The third-order valence-corrected chi connectivity index (χ3v) is 6.26. The van der Waals surface area contributed by atoms with Gasteiger partial charge in [-0.25, -0.2) is 14.5 Å². The van der Waals surface area contributed by atoms with Crippen LogP contribution in [0.3, 0.4) is 0 Å². The second-order valence-electron chi connectivity index (χ2n) is 9.37. The van der Waals surface area contributed by atoms with Gasteiger partial charge in [0.15, 0.2) is 5.82 Å². The van der Waals surface area contributed by atoms with Gasteiger partial charge in [0.2, 0.25) is 0 Å². The Hall–Kier alpha value is -3.99. The minimum absolute atomic E-state index is 0.293. The van der Waals surface area contributed by atoms with E-state index < -0.39 is 17.2 Å². The van der Waals surface area contributed by atoms with Crippen LogP contribution in [0.2, 0.25) is 0 Å². The second-order valence-corrected chi connectivity index (χ2v) is 9.89. The number of amides is 2. The summed E-state index contributed by atoms with van der Waals surface area (Å²) < 4.78 is 39.8. The fourth-order valence-electron chi connectivity index (χ4n) is 3.93. The molecular formula is C28H29F3N6OS. The lowest BCUT2D eigenvalue weighted by molar-refractivity contribution is -0.137. The van der Waals surface area contributed by atoms with Gasteiger partial charge in [-0.15, -0.1) is 17.7 Å². The van der Waals surface area contributed by atoms with Crippen molar-refractivity contribution in [2.24, 2.45) is 0 Å². The van der Waals surface area contributed by atoms with E-state index in [1.54, 1.807) is 0 Å². The lowest BCUT2D eigenvalue weighted by Gasteiger charge is -2.21. The number of nitrogens with zero attached hydrogens (tertiary/aromatic N) is 3. The van der Waals surface area contributed by atoms with Gasteiger partial charge in [-0.3, -0.25) is 0 Å². The molecule has 0 bridgehead atoms. The summed E-state index contributed by atoms with van der Waals surface area (Å²) in [5.41, 5.74) is 3.98. The molecule has 3 aromatic carbocycles. The topological polar surface area (TPSA) is 83.9 Å². The fraction of sp³-hybridized carbons (Fsp3) is 0.250. The molecule has 4 rings (SSSR count). The first-order valence-corrected chi connectivity index (χ1v) is 12.8. The summed E-state index contributed by atoms with van der Waals surface area (Å²) in [7, 11) is 0. The van der Waals surface area contributed by atoms with Crippen molar-refractivity contribution in [2.45, 2.75) is 44.9 Å². The van der Waals surface area contributed by atoms with E-state index in [0.717, 1.165) is 34.5 Å². The highest BCUT2D eigenvalue weighted by Gasteiger charge is 2.30. The minimum Gasteiger partial charge on any atom is -0.357 e. The molecule has 0 aliphatic heterocycles. The van der Waals surface area contributed by atoms with E-state index in [0.29, 0.717) is 24.0 Å². The minimum atomic E-state index is -4.40. The molecule has 0 spiro atoms. The molecule has 0 saturated heterocycles. The summed E-state index contributed by atoms with van der Waals surface area (Å²) in [5.74, 6) is 0.742.